The van der Waals surface area contributed by atoms with Crippen LogP contribution >= 0.6 is 0 Å². The van der Waals surface area contributed by atoms with E-state index in [0.717, 1.165) is 9.82 Å². The van der Waals surface area contributed by atoms with Crippen LogP contribution in [0.15, 0.2) is 23.1 Å². The first kappa shape index (κ1) is 15.5. The van der Waals surface area contributed by atoms with Crippen molar-refractivity contribution in [3.63, 3.8) is 0 Å². The van der Waals surface area contributed by atoms with Crippen LogP contribution in [0.5, 0.6) is 0 Å². The van der Waals surface area contributed by atoms with Crippen LogP contribution in [0.1, 0.15) is 12.2 Å². The Morgan fingerprint density at radius 3 is 2.62 bits per heavy atom. The topological polar surface area (TPSA) is 92.5 Å². The molecule has 0 unspecified atom stereocenters. The molecule has 0 aliphatic carbocycles. The minimum Gasteiger partial charge on any atom is -0.481 e. The summed E-state index contributed by atoms with van der Waals surface area (Å²) in [5.41, 5.74) is 1.27. The van der Waals surface area contributed by atoms with Crippen molar-refractivity contribution < 1.29 is 18.3 Å². The molecule has 0 bridgehead atoms. The fourth-order valence-electron chi connectivity index (χ4n) is 2.09. The number of hydrogen-bond acceptors (Lipinski definition) is 4. The van der Waals surface area contributed by atoms with Crippen molar-refractivity contribution in [3.05, 3.63) is 24.0 Å². The average molecular weight is 311 g/mol. The lowest BCUT2D eigenvalue weighted by Crippen LogP contribution is -2.22. The van der Waals surface area contributed by atoms with E-state index in [1.54, 1.807) is 17.6 Å². The molecule has 114 valence electrons. The SMILES string of the molecule is Cc1nc2cc(S(=O)(=O)N(C)C)ccc2n1CCC(=O)O. The molecule has 0 spiro atoms. The molecule has 0 saturated carbocycles. The predicted octanol–water partition coefficient (Wildman–Crippen LogP) is 1.07. The maximum absolute atomic E-state index is 12.1. The minimum absolute atomic E-state index is 0.00987. The maximum atomic E-state index is 12.1. The van der Waals surface area contributed by atoms with E-state index in [9.17, 15) is 13.2 Å². The number of nitrogens with zero attached hydrogens (tertiary/aromatic N) is 3. The highest BCUT2D eigenvalue weighted by atomic mass is 32.2. The van der Waals surface area contributed by atoms with Gasteiger partial charge in [-0.2, -0.15) is 0 Å². The first-order valence-electron chi connectivity index (χ1n) is 6.34. The van der Waals surface area contributed by atoms with Crippen LogP contribution < -0.4 is 0 Å². The predicted molar refractivity (Wildman–Crippen MR) is 77.6 cm³/mol. The summed E-state index contributed by atoms with van der Waals surface area (Å²) in [7, 11) is -0.571. The first-order valence-corrected chi connectivity index (χ1v) is 7.78. The van der Waals surface area contributed by atoms with E-state index in [-0.39, 0.29) is 11.3 Å². The van der Waals surface area contributed by atoms with Crippen LogP contribution in [-0.4, -0.2) is 47.4 Å². The van der Waals surface area contributed by atoms with Gasteiger partial charge in [-0.05, 0) is 25.1 Å². The van der Waals surface area contributed by atoms with Crippen molar-refractivity contribution in [1.82, 2.24) is 13.9 Å². The van der Waals surface area contributed by atoms with Gasteiger partial charge in [-0.1, -0.05) is 0 Å². The van der Waals surface area contributed by atoms with Gasteiger partial charge in [0.2, 0.25) is 10.0 Å². The van der Waals surface area contributed by atoms with Crippen molar-refractivity contribution in [2.45, 2.75) is 24.8 Å². The van der Waals surface area contributed by atoms with Crippen molar-refractivity contribution in [2.75, 3.05) is 14.1 Å². The molecule has 0 aliphatic rings. The number of carboxylic acid groups (broad SMARTS) is 1. The number of carbonyl (C=O) groups is 1. The Morgan fingerprint density at radius 2 is 2.05 bits per heavy atom. The molecular formula is C13H17N3O4S. The Balaban J connectivity index is 2.50. The number of imidazole rings is 1. The lowest BCUT2D eigenvalue weighted by Gasteiger charge is -2.11. The van der Waals surface area contributed by atoms with Gasteiger partial charge in [-0.25, -0.2) is 17.7 Å². The van der Waals surface area contributed by atoms with Gasteiger partial charge in [0.15, 0.2) is 0 Å². The summed E-state index contributed by atoms with van der Waals surface area (Å²) < 4.78 is 27.1. The third-order valence-electron chi connectivity index (χ3n) is 3.24. The molecule has 2 rings (SSSR count). The zero-order valence-corrected chi connectivity index (χ0v) is 12.9. The monoisotopic (exact) mass is 311 g/mol. The number of hydrogen-bond donors (Lipinski definition) is 1. The summed E-state index contributed by atoms with van der Waals surface area (Å²) in [4.78, 5) is 15.2. The molecule has 0 saturated heterocycles. The number of benzene rings is 1. The minimum atomic E-state index is -3.51. The fourth-order valence-corrected chi connectivity index (χ4v) is 3.01. The molecule has 8 heteroatoms. The van der Waals surface area contributed by atoms with E-state index in [1.165, 1.54) is 26.2 Å². The van der Waals surface area contributed by atoms with Crippen LogP contribution in [0.25, 0.3) is 11.0 Å². The molecule has 0 radical (unpaired) electrons. The van der Waals surface area contributed by atoms with E-state index >= 15 is 0 Å². The van der Waals surface area contributed by atoms with Crippen molar-refractivity contribution in [1.29, 1.82) is 0 Å². The Hall–Kier alpha value is -1.93. The molecule has 7 nitrogen and oxygen atoms in total. The van der Waals surface area contributed by atoms with E-state index in [1.807, 2.05) is 0 Å². The molecule has 0 atom stereocenters. The van der Waals surface area contributed by atoms with Gasteiger partial charge in [0.25, 0.3) is 0 Å². The Labute approximate surface area is 122 Å². The van der Waals surface area contributed by atoms with E-state index in [0.29, 0.717) is 17.9 Å². The van der Waals surface area contributed by atoms with E-state index in [2.05, 4.69) is 4.98 Å². The van der Waals surface area contributed by atoms with Crippen LogP contribution in [0.4, 0.5) is 0 Å². The lowest BCUT2D eigenvalue weighted by molar-refractivity contribution is -0.137. The fraction of sp³-hybridized carbons (Fsp3) is 0.385. The van der Waals surface area contributed by atoms with Gasteiger partial charge in [-0.15, -0.1) is 0 Å². The number of aliphatic carboxylic acids is 1. The quantitative estimate of drug-likeness (QED) is 0.891. The zero-order chi connectivity index (χ0) is 15.8. The molecule has 1 aromatic carbocycles. The largest absolute Gasteiger partial charge is 0.481 e. The second-order valence-electron chi connectivity index (χ2n) is 4.89. The third-order valence-corrected chi connectivity index (χ3v) is 5.05. The van der Waals surface area contributed by atoms with Crippen LogP contribution in [0.2, 0.25) is 0 Å². The highest BCUT2D eigenvalue weighted by Gasteiger charge is 2.19. The van der Waals surface area contributed by atoms with Gasteiger partial charge in [0, 0.05) is 20.6 Å². The van der Waals surface area contributed by atoms with Crippen LogP contribution in [0.3, 0.4) is 0 Å². The number of fused-ring (bicyclic) bond motifs is 1. The van der Waals surface area contributed by atoms with Crippen LogP contribution in [0, 0.1) is 6.92 Å². The molecule has 0 fully saturated rings. The van der Waals surface area contributed by atoms with Gasteiger partial charge in [-0.3, -0.25) is 4.79 Å². The standard InChI is InChI=1S/C13H17N3O4S/c1-9-14-11-8-10(21(19,20)15(2)3)4-5-12(11)16(9)7-6-13(17)18/h4-5,8H,6-7H2,1-3H3,(H,17,18). The molecule has 1 aromatic heterocycles. The number of aryl methyl sites for hydroxylation is 2. The second kappa shape index (κ2) is 5.45. The van der Waals surface area contributed by atoms with Crippen molar-refractivity contribution >= 4 is 27.0 Å². The molecule has 0 aliphatic heterocycles. The Morgan fingerprint density at radius 1 is 1.38 bits per heavy atom. The number of sulfonamides is 1. The van der Waals surface area contributed by atoms with Gasteiger partial charge in [0.05, 0.1) is 22.3 Å². The van der Waals surface area contributed by atoms with Crippen molar-refractivity contribution in [2.24, 2.45) is 0 Å². The summed E-state index contributed by atoms with van der Waals surface area (Å²) in [5, 5.41) is 8.77. The van der Waals surface area contributed by atoms with E-state index in [4.69, 9.17) is 5.11 Å². The van der Waals surface area contributed by atoms with Gasteiger partial charge < -0.3 is 9.67 Å². The Kier molecular flexibility index (Phi) is 4.02. The first-order chi connectivity index (χ1) is 9.73. The highest BCUT2D eigenvalue weighted by Crippen LogP contribution is 2.22. The molecular weight excluding hydrogens is 294 g/mol. The highest BCUT2D eigenvalue weighted by molar-refractivity contribution is 7.89. The molecule has 1 N–H and O–H groups in total. The van der Waals surface area contributed by atoms with Gasteiger partial charge >= 0.3 is 5.97 Å². The molecule has 21 heavy (non-hydrogen) atoms. The normalized spacial score (nSPS) is 12.2. The van der Waals surface area contributed by atoms with Crippen molar-refractivity contribution in [3.8, 4) is 0 Å². The third kappa shape index (κ3) is 2.91. The van der Waals surface area contributed by atoms with E-state index < -0.39 is 16.0 Å². The molecule has 0 amide bonds. The summed E-state index contributed by atoms with van der Waals surface area (Å²) in [6.45, 7) is 2.07. The second-order valence-corrected chi connectivity index (χ2v) is 7.04. The number of aromatic nitrogens is 2. The molecule has 1 heterocycles. The maximum Gasteiger partial charge on any atom is 0.305 e. The summed E-state index contributed by atoms with van der Waals surface area (Å²) in [6.07, 6.45) is -0.00987. The summed E-state index contributed by atoms with van der Waals surface area (Å²) in [5.74, 6) is -0.228. The number of carboxylic acids is 1. The average Bonchev–Trinajstić information content (AvgIpc) is 2.70. The smallest absolute Gasteiger partial charge is 0.305 e. The van der Waals surface area contributed by atoms with Crippen LogP contribution in [-0.2, 0) is 21.4 Å². The van der Waals surface area contributed by atoms with Gasteiger partial charge in [0.1, 0.15) is 5.82 Å². The summed E-state index contributed by atoms with van der Waals surface area (Å²) in [6, 6.07) is 4.68. The lowest BCUT2D eigenvalue weighted by atomic mass is 10.3. The zero-order valence-electron chi connectivity index (χ0n) is 12.1. The number of rotatable bonds is 5. The molecule has 2 aromatic rings. The Bertz CT molecular complexity index is 793. The summed E-state index contributed by atoms with van der Waals surface area (Å²) >= 11 is 0.